The molecule has 3 atom stereocenters. The van der Waals surface area contributed by atoms with Crippen LogP contribution in [0.15, 0.2) is 0 Å². The molecule has 0 bridgehead atoms. The molecule has 0 radical (unpaired) electrons. The molecule has 2 aliphatic rings. The van der Waals surface area contributed by atoms with E-state index in [0.29, 0.717) is 17.5 Å². The van der Waals surface area contributed by atoms with E-state index in [1.165, 1.54) is 0 Å². The summed E-state index contributed by atoms with van der Waals surface area (Å²) in [5.74, 6) is -0.420. The number of amides is 1. The van der Waals surface area contributed by atoms with E-state index >= 15 is 0 Å². The maximum Gasteiger partial charge on any atom is 0.410 e. The van der Waals surface area contributed by atoms with Crippen LogP contribution in [-0.4, -0.2) is 51.3 Å². The number of likely N-dealkylation sites (tertiary alicyclic amines) is 1. The van der Waals surface area contributed by atoms with Gasteiger partial charge in [0.15, 0.2) is 4.88 Å². The summed E-state index contributed by atoms with van der Waals surface area (Å²) in [5, 5.41) is 9.96. The Morgan fingerprint density at radius 3 is 2.65 bits per heavy atom. The van der Waals surface area contributed by atoms with E-state index in [-0.39, 0.29) is 29.0 Å². The van der Waals surface area contributed by atoms with Crippen LogP contribution in [0.2, 0.25) is 0 Å². The lowest BCUT2D eigenvalue weighted by Crippen LogP contribution is -2.44. The van der Waals surface area contributed by atoms with Gasteiger partial charge in [-0.1, -0.05) is 0 Å². The zero-order valence-electron chi connectivity index (χ0n) is 15.7. The lowest BCUT2D eigenvalue weighted by Gasteiger charge is -2.36. The fourth-order valence-corrected chi connectivity index (χ4v) is 4.52. The molecule has 1 saturated carbocycles. The molecule has 1 N–H and O–H groups in total. The highest BCUT2D eigenvalue weighted by atomic mass is 32.1. The van der Waals surface area contributed by atoms with E-state index in [9.17, 15) is 14.7 Å². The number of carboxylic acid groups (broad SMARTS) is 1. The van der Waals surface area contributed by atoms with E-state index in [1.807, 2.05) is 25.7 Å². The van der Waals surface area contributed by atoms with Crippen molar-refractivity contribution in [2.24, 2.45) is 5.92 Å². The Morgan fingerprint density at radius 2 is 2.00 bits per heavy atom. The molecule has 0 unspecified atom stereocenters. The first-order chi connectivity index (χ1) is 12.1. The summed E-state index contributed by atoms with van der Waals surface area (Å²) in [6.07, 6.45) is 3.03. The largest absolute Gasteiger partial charge is 0.477 e. The van der Waals surface area contributed by atoms with Gasteiger partial charge >= 0.3 is 12.1 Å². The Morgan fingerprint density at radius 1 is 1.27 bits per heavy atom. The van der Waals surface area contributed by atoms with E-state index < -0.39 is 11.6 Å². The Kier molecular flexibility index (Phi) is 5.14. The molecule has 1 amide bonds. The van der Waals surface area contributed by atoms with Crippen LogP contribution in [0, 0.1) is 12.8 Å². The number of hydrogen-bond acceptors (Lipinski definition) is 6. The zero-order valence-corrected chi connectivity index (χ0v) is 16.5. The average Bonchev–Trinajstić information content (AvgIpc) is 3.08. The first kappa shape index (κ1) is 18.9. The number of nitrogens with zero attached hydrogens (tertiary/aromatic N) is 2. The molecule has 2 heterocycles. The maximum atomic E-state index is 12.4. The van der Waals surface area contributed by atoms with Gasteiger partial charge in [0.2, 0.25) is 5.88 Å². The summed E-state index contributed by atoms with van der Waals surface area (Å²) < 4.78 is 11.5. The van der Waals surface area contributed by atoms with Gasteiger partial charge in [-0.3, -0.25) is 0 Å². The van der Waals surface area contributed by atoms with Gasteiger partial charge in [0.25, 0.3) is 0 Å². The number of carboxylic acids is 1. The van der Waals surface area contributed by atoms with Crippen molar-refractivity contribution in [1.82, 2.24) is 9.88 Å². The number of carbonyl (C=O) groups excluding carboxylic acids is 1. The lowest BCUT2D eigenvalue weighted by molar-refractivity contribution is 0.0123. The van der Waals surface area contributed by atoms with Crippen molar-refractivity contribution < 1.29 is 24.2 Å². The average molecular weight is 382 g/mol. The minimum Gasteiger partial charge on any atom is -0.477 e. The quantitative estimate of drug-likeness (QED) is 0.857. The molecule has 0 aromatic carbocycles. The minimum atomic E-state index is -1.00. The summed E-state index contributed by atoms with van der Waals surface area (Å²) in [6, 6.07) is 0.181. The van der Waals surface area contributed by atoms with Gasteiger partial charge in [0.1, 0.15) is 11.7 Å². The van der Waals surface area contributed by atoms with Crippen molar-refractivity contribution in [3.05, 3.63) is 9.88 Å². The van der Waals surface area contributed by atoms with E-state index in [1.54, 1.807) is 6.92 Å². The fraction of sp³-hybridized carbons (Fsp3) is 0.722. The second-order valence-corrected chi connectivity index (χ2v) is 9.22. The number of aromatic nitrogens is 1. The highest BCUT2D eigenvalue weighted by Gasteiger charge is 2.43. The van der Waals surface area contributed by atoms with Crippen LogP contribution in [0.3, 0.4) is 0 Å². The summed E-state index contributed by atoms with van der Waals surface area (Å²) in [5.41, 5.74) is -0.495. The molecule has 3 rings (SSSR count). The van der Waals surface area contributed by atoms with Crippen molar-refractivity contribution in [1.29, 1.82) is 0 Å². The standard InChI is InChI=1S/C18H26N2O5S/c1-10-19-15(14(26-10)16(21)22)24-12-5-6-13-11(9-12)7-8-20(13)17(23)25-18(2,3)4/h11-13H,5-9H2,1-4H3,(H,21,22)/t11-,12-,13+/m1/s1. The van der Waals surface area contributed by atoms with E-state index in [0.717, 1.165) is 37.0 Å². The Bertz CT molecular complexity index is 696. The molecule has 1 aromatic heterocycles. The van der Waals surface area contributed by atoms with Crippen molar-refractivity contribution in [3.8, 4) is 5.88 Å². The van der Waals surface area contributed by atoms with Gasteiger partial charge in [0.05, 0.1) is 5.01 Å². The first-order valence-corrected chi connectivity index (χ1v) is 9.82. The van der Waals surface area contributed by atoms with Crippen LogP contribution in [0.4, 0.5) is 4.79 Å². The Labute approximate surface area is 157 Å². The van der Waals surface area contributed by atoms with Crippen LogP contribution in [0.5, 0.6) is 5.88 Å². The first-order valence-electron chi connectivity index (χ1n) is 9.01. The molecular weight excluding hydrogens is 356 g/mol. The normalized spacial score (nSPS) is 25.7. The van der Waals surface area contributed by atoms with Gasteiger partial charge in [-0.2, -0.15) is 0 Å². The molecule has 1 saturated heterocycles. The number of carbonyl (C=O) groups is 2. The number of aromatic carboxylic acids is 1. The van der Waals surface area contributed by atoms with Crippen molar-refractivity contribution >= 4 is 23.4 Å². The molecule has 144 valence electrons. The second kappa shape index (κ2) is 7.06. The predicted molar refractivity (Wildman–Crippen MR) is 96.9 cm³/mol. The molecule has 7 nitrogen and oxygen atoms in total. The summed E-state index contributed by atoms with van der Waals surface area (Å²) in [7, 11) is 0. The smallest absolute Gasteiger partial charge is 0.410 e. The van der Waals surface area contributed by atoms with E-state index in [2.05, 4.69) is 4.98 Å². The van der Waals surface area contributed by atoms with Gasteiger partial charge in [-0.25, -0.2) is 14.6 Å². The van der Waals surface area contributed by atoms with Crippen molar-refractivity contribution in [2.45, 2.75) is 71.1 Å². The number of rotatable bonds is 3. The SMILES string of the molecule is Cc1nc(O[C@@H]2CC[C@H]3[C@H](CCN3C(=O)OC(C)(C)C)C2)c(C(=O)O)s1. The molecule has 1 aliphatic heterocycles. The van der Waals surface area contributed by atoms with Gasteiger partial charge < -0.3 is 19.5 Å². The van der Waals surface area contributed by atoms with Gasteiger partial charge in [0, 0.05) is 12.6 Å². The fourth-order valence-electron chi connectivity index (χ4n) is 3.83. The maximum absolute atomic E-state index is 12.4. The number of hydrogen-bond donors (Lipinski definition) is 1. The number of thiazole rings is 1. The van der Waals surface area contributed by atoms with Crippen molar-refractivity contribution in [2.75, 3.05) is 6.54 Å². The summed E-state index contributed by atoms with van der Waals surface area (Å²) in [4.78, 5) is 30.0. The topological polar surface area (TPSA) is 89.0 Å². The molecule has 1 aromatic rings. The van der Waals surface area contributed by atoms with Crippen molar-refractivity contribution in [3.63, 3.8) is 0 Å². The number of ether oxygens (including phenoxy) is 2. The molecule has 2 fully saturated rings. The Hall–Kier alpha value is -1.83. The lowest BCUT2D eigenvalue weighted by atomic mass is 9.83. The van der Waals surface area contributed by atoms with Gasteiger partial charge in [-0.05, 0) is 59.3 Å². The molecule has 8 heteroatoms. The van der Waals surface area contributed by atoms with Crippen LogP contribution in [-0.2, 0) is 4.74 Å². The van der Waals surface area contributed by atoms with Crippen LogP contribution < -0.4 is 4.74 Å². The summed E-state index contributed by atoms with van der Waals surface area (Å²) in [6.45, 7) is 8.10. The second-order valence-electron chi connectivity index (χ2n) is 8.02. The molecule has 1 aliphatic carbocycles. The van der Waals surface area contributed by atoms with Gasteiger partial charge in [-0.15, -0.1) is 11.3 Å². The Balaban J connectivity index is 1.62. The monoisotopic (exact) mass is 382 g/mol. The third-order valence-electron chi connectivity index (χ3n) is 4.84. The predicted octanol–water partition coefficient (Wildman–Crippen LogP) is 3.71. The zero-order chi connectivity index (χ0) is 19.1. The van der Waals surface area contributed by atoms with Crippen LogP contribution in [0.1, 0.15) is 61.1 Å². The summed E-state index contributed by atoms with van der Waals surface area (Å²) >= 11 is 1.13. The van der Waals surface area contributed by atoms with Crippen LogP contribution >= 0.6 is 11.3 Å². The number of fused-ring (bicyclic) bond motifs is 1. The van der Waals surface area contributed by atoms with E-state index in [4.69, 9.17) is 9.47 Å². The molecular formula is C18H26N2O5S. The number of aryl methyl sites for hydroxylation is 1. The minimum absolute atomic E-state index is 0.0607. The third kappa shape index (κ3) is 4.11. The highest BCUT2D eigenvalue weighted by molar-refractivity contribution is 7.13. The molecule has 0 spiro atoms. The molecule has 26 heavy (non-hydrogen) atoms. The van der Waals surface area contributed by atoms with Crippen LogP contribution in [0.25, 0.3) is 0 Å². The third-order valence-corrected chi connectivity index (χ3v) is 5.78. The highest BCUT2D eigenvalue weighted by Crippen LogP contribution is 2.39.